The van der Waals surface area contributed by atoms with Crippen LogP contribution in [0.4, 0.5) is 9.18 Å². The average molecular weight is 370 g/mol. The first-order chi connectivity index (χ1) is 11.3. The lowest BCUT2D eigenvalue weighted by Crippen LogP contribution is -2.25. The molecule has 0 radical (unpaired) electrons. The summed E-state index contributed by atoms with van der Waals surface area (Å²) >= 11 is 1.44. The van der Waals surface area contributed by atoms with E-state index in [0.29, 0.717) is 5.56 Å². The molecular weight excluding hydrogens is 355 g/mol. The molecule has 1 aromatic carbocycles. The Morgan fingerprint density at radius 2 is 2.21 bits per heavy atom. The Kier molecular flexibility index (Phi) is 5.68. The van der Waals surface area contributed by atoms with Crippen LogP contribution in [0.15, 0.2) is 47.3 Å². The number of sulfone groups is 1. The molecule has 0 aliphatic heterocycles. The smallest absolute Gasteiger partial charge is 0.404 e. The van der Waals surface area contributed by atoms with Gasteiger partial charge in [0.05, 0.1) is 26.9 Å². The van der Waals surface area contributed by atoms with Crippen molar-refractivity contribution in [3.63, 3.8) is 0 Å². The molecule has 1 aromatic heterocycles. The second-order valence-corrected chi connectivity index (χ2v) is 8.18. The number of nitrogens with one attached hydrogen (secondary N) is 1. The van der Waals surface area contributed by atoms with Crippen LogP contribution in [-0.2, 0) is 9.84 Å². The summed E-state index contributed by atoms with van der Waals surface area (Å²) < 4.78 is 37.7. The summed E-state index contributed by atoms with van der Waals surface area (Å²) in [6.45, 7) is 1.46. The Balaban J connectivity index is 2.24. The van der Waals surface area contributed by atoms with Gasteiger partial charge in [0.15, 0.2) is 9.84 Å². The van der Waals surface area contributed by atoms with Gasteiger partial charge in [0, 0.05) is 12.7 Å². The highest BCUT2D eigenvalue weighted by atomic mass is 32.2. The summed E-state index contributed by atoms with van der Waals surface area (Å²) in [4.78, 5) is 15.5. The number of amides is 1. The van der Waals surface area contributed by atoms with Crippen LogP contribution < -0.4 is 5.32 Å². The number of aryl methyl sites for hydroxylation is 1. The van der Waals surface area contributed by atoms with E-state index in [1.54, 1.807) is 18.3 Å². The van der Waals surface area contributed by atoms with Gasteiger partial charge in [-0.3, -0.25) is 0 Å². The molecule has 24 heavy (non-hydrogen) atoms. The van der Waals surface area contributed by atoms with E-state index in [4.69, 9.17) is 5.11 Å². The predicted octanol–water partition coefficient (Wildman–Crippen LogP) is 3.01. The third-order valence-electron chi connectivity index (χ3n) is 3.10. The molecule has 0 unspecified atom stereocenters. The summed E-state index contributed by atoms with van der Waals surface area (Å²) in [6, 6.07) is 6.30. The lowest BCUT2D eigenvalue weighted by molar-refractivity contribution is 0.195. The van der Waals surface area contributed by atoms with Gasteiger partial charge >= 0.3 is 6.09 Å². The van der Waals surface area contributed by atoms with Crippen molar-refractivity contribution in [2.45, 2.75) is 11.8 Å². The number of hydrogen-bond acceptors (Lipinski definition) is 5. The third-order valence-corrected chi connectivity index (χ3v) is 5.78. The number of rotatable bonds is 6. The van der Waals surface area contributed by atoms with Gasteiger partial charge in [-0.25, -0.2) is 22.6 Å². The van der Waals surface area contributed by atoms with Crippen molar-refractivity contribution in [3.05, 3.63) is 47.4 Å². The van der Waals surface area contributed by atoms with Crippen molar-refractivity contribution >= 4 is 27.3 Å². The van der Waals surface area contributed by atoms with Crippen LogP contribution in [0, 0.1) is 6.92 Å². The van der Waals surface area contributed by atoms with Gasteiger partial charge in [-0.15, -0.1) is 11.3 Å². The molecule has 0 bridgehead atoms. The number of carbonyl (C=O) groups is 1. The largest absolute Gasteiger partial charge is 0.465 e. The number of aromatic nitrogens is 1. The zero-order valence-electron chi connectivity index (χ0n) is 12.7. The van der Waals surface area contributed by atoms with Crippen molar-refractivity contribution in [1.29, 1.82) is 0 Å². The molecule has 0 fully saturated rings. The standard InChI is InChI=1S/C15H15FN2O4S2/c1-10-17-8-14(23-10)12-3-2-4-13(5-12)24(21,22)9-11(6-16)7-18-15(19)20/h2-6,8,18H,7,9H2,1H3,(H,19,20). The van der Waals surface area contributed by atoms with E-state index in [9.17, 15) is 17.6 Å². The highest BCUT2D eigenvalue weighted by molar-refractivity contribution is 7.91. The van der Waals surface area contributed by atoms with E-state index >= 15 is 0 Å². The van der Waals surface area contributed by atoms with Crippen LogP contribution in [0.1, 0.15) is 5.01 Å². The Bertz CT molecular complexity index is 875. The summed E-state index contributed by atoms with van der Waals surface area (Å²) in [7, 11) is -3.80. The van der Waals surface area contributed by atoms with Crippen LogP contribution >= 0.6 is 11.3 Å². The molecule has 0 aliphatic carbocycles. The lowest BCUT2D eigenvalue weighted by Gasteiger charge is -2.08. The first kappa shape index (κ1) is 18.1. The second kappa shape index (κ2) is 7.54. The van der Waals surface area contributed by atoms with Crippen molar-refractivity contribution in [1.82, 2.24) is 10.3 Å². The molecule has 128 valence electrons. The number of hydrogen-bond donors (Lipinski definition) is 2. The van der Waals surface area contributed by atoms with Crippen molar-refractivity contribution in [2.75, 3.05) is 12.3 Å². The topological polar surface area (TPSA) is 96.4 Å². The fourth-order valence-corrected chi connectivity index (χ4v) is 4.16. The maximum absolute atomic E-state index is 12.8. The lowest BCUT2D eigenvalue weighted by atomic mass is 10.2. The van der Waals surface area contributed by atoms with Crippen LogP contribution in [0.2, 0.25) is 0 Å². The number of benzene rings is 1. The average Bonchev–Trinajstić information content (AvgIpc) is 2.98. The normalized spacial score (nSPS) is 12.2. The molecule has 0 saturated carbocycles. The second-order valence-electron chi connectivity index (χ2n) is 4.96. The minimum Gasteiger partial charge on any atom is -0.465 e. The number of carboxylic acid groups (broad SMARTS) is 1. The molecule has 2 N–H and O–H groups in total. The van der Waals surface area contributed by atoms with Gasteiger partial charge in [0.25, 0.3) is 0 Å². The van der Waals surface area contributed by atoms with E-state index in [1.165, 1.54) is 23.5 Å². The SMILES string of the molecule is Cc1ncc(-c2cccc(S(=O)(=O)CC(=CF)CNC(=O)O)c2)s1. The van der Waals surface area contributed by atoms with Gasteiger partial charge in [-0.2, -0.15) is 0 Å². The molecule has 9 heteroatoms. The first-order valence-electron chi connectivity index (χ1n) is 6.82. The molecule has 1 amide bonds. The maximum Gasteiger partial charge on any atom is 0.404 e. The Hall–Kier alpha value is -2.26. The zero-order chi connectivity index (χ0) is 17.7. The molecule has 2 aromatic rings. The fraction of sp³-hybridized carbons (Fsp3) is 0.200. The quantitative estimate of drug-likeness (QED) is 0.815. The number of thiazole rings is 1. The highest BCUT2D eigenvalue weighted by Gasteiger charge is 2.18. The van der Waals surface area contributed by atoms with Crippen molar-refractivity contribution < 1.29 is 22.7 Å². The summed E-state index contributed by atoms with van der Waals surface area (Å²) in [5, 5.41) is 11.3. The van der Waals surface area contributed by atoms with E-state index in [0.717, 1.165) is 9.88 Å². The van der Waals surface area contributed by atoms with Crippen LogP contribution in [0.5, 0.6) is 0 Å². The molecule has 0 atom stereocenters. The van der Waals surface area contributed by atoms with Gasteiger partial charge < -0.3 is 10.4 Å². The van der Waals surface area contributed by atoms with Gasteiger partial charge in [-0.05, 0) is 30.2 Å². The van der Waals surface area contributed by atoms with Crippen molar-refractivity contribution in [3.8, 4) is 10.4 Å². The first-order valence-corrected chi connectivity index (χ1v) is 9.29. The third kappa shape index (κ3) is 4.62. The fourth-order valence-electron chi connectivity index (χ4n) is 1.98. The van der Waals surface area contributed by atoms with E-state index < -0.39 is 28.2 Å². The molecule has 0 spiro atoms. The minimum absolute atomic E-state index is 0.0423. The maximum atomic E-state index is 12.8. The van der Waals surface area contributed by atoms with Crippen molar-refractivity contribution in [2.24, 2.45) is 0 Å². The zero-order valence-corrected chi connectivity index (χ0v) is 14.3. The monoisotopic (exact) mass is 370 g/mol. The molecular formula is C15H15FN2O4S2. The van der Waals surface area contributed by atoms with Gasteiger partial charge in [0.1, 0.15) is 0 Å². The molecule has 1 heterocycles. The number of halogens is 1. The van der Waals surface area contributed by atoms with E-state index in [-0.39, 0.29) is 16.8 Å². The summed E-state index contributed by atoms with van der Waals surface area (Å²) in [6.07, 6.45) is 0.425. The van der Waals surface area contributed by atoms with E-state index in [2.05, 4.69) is 4.98 Å². The van der Waals surface area contributed by atoms with Gasteiger partial charge in [-0.1, -0.05) is 12.1 Å². The summed E-state index contributed by atoms with van der Waals surface area (Å²) in [5.41, 5.74) is 0.535. The Morgan fingerprint density at radius 1 is 1.46 bits per heavy atom. The Labute approximate surface area is 142 Å². The van der Waals surface area contributed by atoms with Crippen LogP contribution in [0.3, 0.4) is 0 Å². The molecule has 6 nitrogen and oxygen atoms in total. The highest BCUT2D eigenvalue weighted by Crippen LogP contribution is 2.28. The molecule has 0 saturated heterocycles. The van der Waals surface area contributed by atoms with E-state index in [1.807, 2.05) is 12.2 Å². The molecule has 0 aliphatic rings. The Morgan fingerprint density at radius 3 is 2.79 bits per heavy atom. The molecule has 2 rings (SSSR count). The predicted molar refractivity (Wildman–Crippen MR) is 89.6 cm³/mol. The van der Waals surface area contributed by atoms with Gasteiger partial charge in [0.2, 0.25) is 0 Å². The number of nitrogens with zero attached hydrogens (tertiary/aromatic N) is 1. The minimum atomic E-state index is -3.80. The van der Waals surface area contributed by atoms with Crippen LogP contribution in [0.25, 0.3) is 10.4 Å². The van der Waals surface area contributed by atoms with Crippen LogP contribution in [-0.4, -0.2) is 36.9 Å². The summed E-state index contributed by atoms with van der Waals surface area (Å²) in [5.74, 6) is -0.602.